The van der Waals surface area contributed by atoms with E-state index in [-0.39, 0.29) is 24.1 Å². The number of ether oxygens (including phenoxy) is 2. The average Bonchev–Trinajstić information content (AvgIpc) is 3.62. The molecule has 1 saturated carbocycles. The van der Waals surface area contributed by atoms with E-state index in [0.29, 0.717) is 40.1 Å². The van der Waals surface area contributed by atoms with Crippen molar-refractivity contribution >= 4 is 28.3 Å². The molecule has 0 radical (unpaired) electrons. The fraction of sp³-hybridized carbons (Fsp3) is 0.333. The molecule has 33 heavy (non-hydrogen) atoms. The number of anilines is 1. The second-order valence-corrected chi connectivity index (χ2v) is 7.99. The van der Waals surface area contributed by atoms with Crippen molar-refractivity contribution in [1.82, 2.24) is 10.0 Å². The van der Waals surface area contributed by atoms with E-state index >= 15 is 0 Å². The van der Waals surface area contributed by atoms with Crippen molar-refractivity contribution in [1.29, 1.82) is 0 Å². The van der Waals surface area contributed by atoms with Gasteiger partial charge in [-0.1, -0.05) is 18.2 Å². The lowest BCUT2D eigenvalue weighted by atomic mass is 10.0. The van der Waals surface area contributed by atoms with Crippen LogP contribution in [-0.2, 0) is 9.59 Å². The number of fused-ring (bicyclic) bond motifs is 1. The van der Waals surface area contributed by atoms with Crippen molar-refractivity contribution in [2.24, 2.45) is 5.92 Å². The Kier molecular flexibility index (Phi) is 6.41. The van der Waals surface area contributed by atoms with Crippen LogP contribution in [0.15, 0.2) is 42.6 Å². The maximum atomic E-state index is 12.3. The average molecular weight is 453 g/mol. The fourth-order valence-electron chi connectivity index (χ4n) is 3.96. The van der Waals surface area contributed by atoms with Gasteiger partial charge in [0.05, 0.1) is 37.3 Å². The molecule has 174 valence electrons. The Balaban J connectivity index is 1.80. The van der Waals surface area contributed by atoms with Gasteiger partial charge in [-0.15, -0.1) is 0 Å². The van der Waals surface area contributed by atoms with Gasteiger partial charge in [-0.05, 0) is 43.5 Å². The van der Waals surface area contributed by atoms with Crippen molar-refractivity contribution in [2.45, 2.75) is 32.2 Å². The van der Waals surface area contributed by atoms with E-state index in [1.165, 1.54) is 7.11 Å². The minimum atomic E-state index is -0.665. The Hall–Kier alpha value is -3.72. The smallest absolute Gasteiger partial charge is 0.245 e. The summed E-state index contributed by atoms with van der Waals surface area (Å²) in [4.78, 5) is 24.5. The number of nitrogens with one attached hydrogen (secondary N) is 2. The molecule has 1 heterocycles. The van der Waals surface area contributed by atoms with Gasteiger partial charge in [-0.25, -0.2) is 5.48 Å². The predicted octanol–water partition coefficient (Wildman–Crippen LogP) is 3.59. The summed E-state index contributed by atoms with van der Waals surface area (Å²) in [5.41, 5.74) is 2.84. The molecule has 4 N–H and O–H groups in total. The van der Waals surface area contributed by atoms with Crippen LogP contribution >= 0.6 is 0 Å². The Labute approximate surface area is 190 Å². The van der Waals surface area contributed by atoms with Crippen molar-refractivity contribution < 1.29 is 29.4 Å². The third-order valence-corrected chi connectivity index (χ3v) is 5.76. The number of methoxy groups -OCH3 is 1. The van der Waals surface area contributed by atoms with Crippen molar-refractivity contribution in [3.63, 3.8) is 0 Å². The third-order valence-electron chi connectivity index (χ3n) is 5.76. The zero-order valence-corrected chi connectivity index (χ0v) is 18.5. The quantitative estimate of drug-likeness (QED) is 0.290. The lowest BCUT2D eigenvalue weighted by Crippen LogP contribution is -2.24. The van der Waals surface area contributed by atoms with Gasteiger partial charge in [-0.2, -0.15) is 0 Å². The number of rotatable bonds is 9. The molecule has 2 amide bonds. The Morgan fingerprint density at radius 2 is 2.00 bits per heavy atom. The molecule has 1 fully saturated rings. The number of carbonyl (C=O) groups is 2. The highest BCUT2D eigenvalue weighted by atomic mass is 16.5. The highest BCUT2D eigenvalue weighted by molar-refractivity contribution is 6.06. The molecule has 9 heteroatoms. The van der Waals surface area contributed by atoms with E-state index in [9.17, 15) is 14.7 Å². The zero-order chi connectivity index (χ0) is 23.5. The van der Waals surface area contributed by atoms with Gasteiger partial charge in [0.2, 0.25) is 17.7 Å². The van der Waals surface area contributed by atoms with Crippen LogP contribution in [0.4, 0.5) is 5.69 Å². The summed E-state index contributed by atoms with van der Waals surface area (Å²) in [5.74, 6) is 0.275. The van der Waals surface area contributed by atoms with Crippen LogP contribution in [0.1, 0.15) is 37.8 Å². The van der Waals surface area contributed by atoms with E-state index in [0.717, 1.165) is 12.8 Å². The zero-order valence-electron chi connectivity index (χ0n) is 18.5. The monoisotopic (exact) mass is 453 g/mol. The van der Waals surface area contributed by atoms with Crippen LogP contribution in [0.2, 0.25) is 0 Å². The SMILES string of the molecule is CCOc1cc(C(CC(=O)NO)n2cc3cccc(NC(=O)C4CC4)c3c2O)ccc1OC. The predicted molar refractivity (Wildman–Crippen MR) is 122 cm³/mol. The van der Waals surface area contributed by atoms with E-state index in [1.807, 2.05) is 13.0 Å². The summed E-state index contributed by atoms with van der Waals surface area (Å²) in [5, 5.41) is 24.4. The highest BCUT2D eigenvalue weighted by Crippen LogP contribution is 2.40. The summed E-state index contributed by atoms with van der Waals surface area (Å²) in [6, 6.07) is 9.94. The molecular weight excluding hydrogens is 426 g/mol. The first-order chi connectivity index (χ1) is 16.0. The minimum absolute atomic E-state index is 0.0155. The molecule has 0 bridgehead atoms. The van der Waals surface area contributed by atoms with E-state index in [4.69, 9.17) is 14.7 Å². The highest BCUT2D eigenvalue weighted by Gasteiger charge is 2.30. The fourth-order valence-corrected chi connectivity index (χ4v) is 3.96. The number of amides is 2. The van der Waals surface area contributed by atoms with E-state index < -0.39 is 11.9 Å². The first kappa shape index (κ1) is 22.5. The topological polar surface area (TPSA) is 122 Å². The minimum Gasteiger partial charge on any atom is -0.494 e. The molecule has 1 unspecified atom stereocenters. The first-order valence-corrected chi connectivity index (χ1v) is 10.8. The number of aromatic nitrogens is 1. The normalized spacial score (nSPS) is 14.0. The molecule has 9 nitrogen and oxygen atoms in total. The summed E-state index contributed by atoms with van der Waals surface area (Å²) >= 11 is 0. The number of benzene rings is 2. The van der Waals surface area contributed by atoms with Gasteiger partial charge < -0.3 is 24.5 Å². The molecule has 1 atom stereocenters. The molecule has 1 aliphatic carbocycles. The van der Waals surface area contributed by atoms with Crippen LogP contribution in [0, 0.1) is 5.92 Å². The van der Waals surface area contributed by atoms with Crippen LogP contribution < -0.4 is 20.3 Å². The van der Waals surface area contributed by atoms with Gasteiger partial charge in [0.25, 0.3) is 0 Å². The molecule has 0 spiro atoms. The second-order valence-electron chi connectivity index (χ2n) is 7.99. The van der Waals surface area contributed by atoms with Gasteiger partial charge in [0.1, 0.15) is 0 Å². The molecular formula is C24H27N3O6. The molecule has 0 aliphatic heterocycles. The largest absolute Gasteiger partial charge is 0.494 e. The number of aromatic hydroxyl groups is 1. The van der Waals surface area contributed by atoms with Crippen LogP contribution in [0.25, 0.3) is 10.8 Å². The molecule has 0 saturated heterocycles. The van der Waals surface area contributed by atoms with Crippen LogP contribution in [-0.4, -0.2) is 40.4 Å². The summed E-state index contributed by atoms with van der Waals surface area (Å²) in [6.07, 6.45) is 3.31. The molecule has 2 aromatic carbocycles. The third kappa shape index (κ3) is 4.58. The van der Waals surface area contributed by atoms with Crippen molar-refractivity contribution in [3.05, 3.63) is 48.2 Å². The first-order valence-electron chi connectivity index (χ1n) is 10.8. The number of hydrogen-bond acceptors (Lipinski definition) is 6. The lowest BCUT2D eigenvalue weighted by molar-refractivity contribution is -0.129. The number of hydrogen-bond donors (Lipinski definition) is 4. The Bertz CT molecular complexity index is 1180. The van der Waals surface area contributed by atoms with Crippen LogP contribution in [0.3, 0.4) is 0 Å². The molecule has 3 aromatic rings. The second kappa shape index (κ2) is 9.41. The Morgan fingerprint density at radius 3 is 2.67 bits per heavy atom. The maximum absolute atomic E-state index is 12.3. The summed E-state index contributed by atoms with van der Waals surface area (Å²) in [6.45, 7) is 2.27. The van der Waals surface area contributed by atoms with Gasteiger partial charge in [0.15, 0.2) is 11.5 Å². The van der Waals surface area contributed by atoms with Gasteiger partial charge >= 0.3 is 0 Å². The maximum Gasteiger partial charge on any atom is 0.245 e. The summed E-state index contributed by atoms with van der Waals surface area (Å²) in [7, 11) is 1.54. The number of carbonyl (C=O) groups excluding carboxylic acids is 2. The van der Waals surface area contributed by atoms with Gasteiger partial charge in [-0.3, -0.25) is 14.8 Å². The lowest BCUT2D eigenvalue weighted by Gasteiger charge is -2.21. The van der Waals surface area contributed by atoms with E-state index in [2.05, 4.69) is 5.32 Å². The van der Waals surface area contributed by atoms with Crippen molar-refractivity contribution in [2.75, 3.05) is 19.0 Å². The van der Waals surface area contributed by atoms with Crippen LogP contribution in [0.5, 0.6) is 17.4 Å². The number of nitrogens with zero attached hydrogens (tertiary/aromatic N) is 1. The molecule has 4 rings (SSSR count). The summed E-state index contributed by atoms with van der Waals surface area (Å²) < 4.78 is 12.6. The molecule has 1 aromatic heterocycles. The van der Waals surface area contributed by atoms with Crippen molar-refractivity contribution in [3.8, 4) is 17.4 Å². The molecule has 1 aliphatic rings. The van der Waals surface area contributed by atoms with E-state index in [1.54, 1.807) is 46.6 Å². The number of hydroxylamine groups is 1. The standard InChI is InChI=1S/C24H27N3O6/c1-3-33-20-11-15(9-10-19(20)32-2)18(12-21(28)26-31)27-13-16-5-4-6-17(22(16)24(27)30)25-23(29)14-7-8-14/h4-6,9-11,13-14,18,30-31H,3,7-8,12H2,1-2H3,(H,25,29)(H,26,28). The van der Waals surface area contributed by atoms with Gasteiger partial charge in [0, 0.05) is 17.5 Å². The Morgan fingerprint density at radius 1 is 1.21 bits per heavy atom.